The number of carbonyl (C=O) groups is 5. The largest absolute Gasteiger partial charge is 0.457 e. The Morgan fingerprint density at radius 2 is 1.53 bits per heavy atom. The highest BCUT2D eigenvalue weighted by molar-refractivity contribution is 6.34. The van der Waals surface area contributed by atoms with Gasteiger partial charge in [-0.3, -0.25) is 25.1 Å². The van der Waals surface area contributed by atoms with E-state index in [1.807, 2.05) is 63.3 Å². The number of esters is 1. The molecule has 0 aliphatic carbocycles. The van der Waals surface area contributed by atoms with Gasteiger partial charge in [-0.1, -0.05) is 66.6 Å². The third kappa shape index (κ3) is 20.0. The lowest BCUT2D eigenvalue weighted by molar-refractivity contribution is -0.162. The number of halogens is 1. The molecule has 4 amide bonds. The van der Waals surface area contributed by atoms with Crippen LogP contribution < -0.4 is 21.0 Å². The summed E-state index contributed by atoms with van der Waals surface area (Å²) in [6.07, 6.45) is 1.24. The number of ether oxygens (including phenoxy) is 10. The van der Waals surface area contributed by atoms with Gasteiger partial charge in [-0.2, -0.15) is 0 Å². The molecule has 1 aromatic heterocycles. The molecule has 0 spiro atoms. The Labute approximate surface area is 504 Å². The normalized spacial score (nSPS) is 24.0. The molecule has 24 heteroatoms. The van der Waals surface area contributed by atoms with Gasteiger partial charge in [0, 0.05) is 71.3 Å². The van der Waals surface area contributed by atoms with E-state index < -0.39 is 65.7 Å². The molecule has 8 atom stereocenters. The highest BCUT2D eigenvalue weighted by atomic mass is 35.5. The number of rotatable bonds is 31. The van der Waals surface area contributed by atoms with Crippen molar-refractivity contribution in [1.29, 1.82) is 0 Å². The van der Waals surface area contributed by atoms with Gasteiger partial charge < -0.3 is 72.2 Å². The Hall–Kier alpha value is -5.54. The summed E-state index contributed by atoms with van der Waals surface area (Å²) in [6, 6.07) is 13.1. The van der Waals surface area contributed by atoms with Crippen molar-refractivity contribution in [2.75, 3.05) is 126 Å². The number of methoxy groups -OCH3 is 1. The molecule has 3 aromatic rings. The second-order valence-electron chi connectivity index (χ2n) is 22.0. The number of aryl methyl sites for hydroxylation is 2. The molecule has 85 heavy (non-hydrogen) atoms. The lowest BCUT2D eigenvalue weighted by Crippen LogP contribution is -2.63. The van der Waals surface area contributed by atoms with Gasteiger partial charge in [0.2, 0.25) is 17.7 Å². The van der Waals surface area contributed by atoms with Crippen LogP contribution in [0.25, 0.3) is 10.9 Å². The Kier molecular flexibility index (Phi) is 27.1. The maximum atomic E-state index is 14.3. The van der Waals surface area contributed by atoms with Gasteiger partial charge in [-0.25, -0.2) is 14.6 Å². The number of carbonyl (C=O) groups excluding carboxylic acids is 5. The van der Waals surface area contributed by atoms with E-state index in [2.05, 4.69) is 38.8 Å². The maximum Gasteiger partial charge on any atom is 0.409 e. The second-order valence-corrected chi connectivity index (χ2v) is 22.3. The number of allylic oxidation sites excluding steroid dienone is 3. The van der Waals surface area contributed by atoms with Crippen LogP contribution in [0.2, 0.25) is 5.02 Å². The van der Waals surface area contributed by atoms with Gasteiger partial charge in [-0.15, -0.1) is 0 Å². The standard InChI is InChI=1S/C61H90ClN7O16/c1-41-14-13-17-51(76-10)61(75)39-50(83-59(74)65-61)43(3)57-60(5,85-57)52(38-55(72)68(9)49-36-45(34-41)35-42(2)56(49)62)84-58(73)44(4)67(8)54(71)19-22-77-24-26-79-28-30-81-32-33-82-31-29-80-27-25-78-23-20-64-53(70)18-21-69-47(40-66(7)63-6)37-46-15-11-12-16-48(46)69/h11-17,35-37,43-44,50-52,57,63,75H,18-34,38-40H2,1-10H3,(H,64,70)(H,65,74)/b17-13+,41-14+/t43-,44+,50+,51-,52+,57?,60+,61-/m1/s1. The van der Waals surface area contributed by atoms with Crippen molar-refractivity contribution in [3.63, 3.8) is 0 Å². The molecule has 0 saturated carbocycles. The fraction of sp³-hybridized carbons (Fsp3) is 0.623. The number of epoxide rings is 1. The number of hydrogen-bond donors (Lipinski definition) is 4. The van der Waals surface area contributed by atoms with Crippen molar-refractivity contribution in [1.82, 2.24) is 30.5 Å². The number of para-hydroxylation sites is 1. The van der Waals surface area contributed by atoms with Gasteiger partial charge in [0.25, 0.3) is 0 Å². The summed E-state index contributed by atoms with van der Waals surface area (Å²) in [5.74, 6) is -2.14. The molecule has 1 unspecified atom stereocenters. The first-order chi connectivity index (χ1) is 40.7. The number of anilines is 1. The number of alkyl carbamates (subject to hydrolysis) is 1. The molecule has 3 aliphatic rings. The minimum absolute atomic E-state index is 0.0220. The number of aromatic nitrogens is 1. The molecule has 4 N–H and O–H groups in total. The summed E-state index contributed by atoms with van der Waals surface area (Å²) in [5.41, 5.74) is 5.36. The van der Waals surface area contributed by atoms with E-state index in [0.717, 1.165) is 33.3 Å². The smallest absolute Gasteiger partial charge is 0.409 e. The molecular weight excluding hydrogens is 1120 g/mol. The number of amides is 4. The minimum Gasteiger partial charge on any atom is -0.457 e. The summed E-state index contributed by atoms with van der Waals surface area (Å²) in [5, 5.41) is 20.8. The van der Waals surface area contributed by atoms with Gasteiger partial charge in [0.05, 0.1) is 115 Å². The maximum absolute atomic E-state index is 14.3. The third-order valence-electron chi connectivity index (χ3n) is 15.6. The lowest BCUT2D eigenvalue weighted by Gasteiger charge is -2.42. The Morgan fingerprint density at radius 1 is 0.906 bits per heavy atom. The number of benzene rings is 2. The number of fused-ring (bicyclic) bond motifs is 6. The first-order valence-electron chi connectivity index (χ1n) is 29.2. The number of nitrogens with one attached hydrogen (secondary N) is 3. The van der Waals surface area contributed by atoms with Crippen LogP contribution in [0, 0.1) is 12.8 Å². The molecule has 0 radical (unpaired) electrons. The van der Waals surface area contributed by atoms with E-state index in [4.69, 9.17) is 59.0 Å². The predicted molar refractivity (Wildman–Crippen MR) is 319 cm³/mol. The molecule has 4 bridgehead atoms. The zero-order chi connectivity index (χ0) is 61.7. The van der Waals surface area contributed by atoms with Crippen LogP contribution in [0.5, 0.6) is 0 Å². The van der Waals surface area contributed by atoms with Crippen molar-refractivity contribution >= 4 is 58.0 Å². The van der Waals surface area contributed by atoms with Crippen LogP contribution in [-0.2, 0) is 86.1 Å². The van der Waals surface area contributed by atoms with E-state index >= 15 is 0 Å². The second kappa shape index (κ2) is 33.5. The summed E-state index contributed by atoms with van der Waals surface area (Å²) in [7, 11) is 8.39. The van der Waals surface area contributed by atoms with Gasteiger partial charge >= 0.3 is 12.1 Å². The fourth-order valence-electron chi connectivity index (χ4n) is 10.3. The van der Waals surface area contributed by atoms with E-state index in [9.17, 15) is 29.1 Å². The minimum atomic E-state index is -1.85. The van der Waals surface area contributed by atoms with Crippen molar-refractivity contribution in [3.8, 4) is 0 Å². The monoisotopic (exact) mass is 1210 g/mol. The number of nitrogens with zero attached hydrogens (tertiary/aromatic N) is 4. The molecule has 4 heterocycles. The average molecular weight is 1210 g/mol. The van der Waals surface area contributed by atoms with Crippen molar-refractivity contribution in [2.45, 2.75) is 122 Å². The molecule has 2 aromatic carbocycles. The van der Waals surface area contributed by atoms with Crippen LogP contribution in [-0.4, -0.2) is 212 Å². The number of likely N-dealkylation sites (N-methyl/N-ethyl adjacent to an activating group) is 1. The highest BCUT2D eigenvalue weighted by Gasteiger charge is 2.64. The number of hydrogen-bond acceptors (Lipinski definition) is 18. The highest BCUT2D eigenvalue weighted by Crippen LogP contribution is 2.49. The van der Waals surface area contributed by atoms with Crippen molar-refractivity contribution < 1.29 is 76.4 Å². The molecule has 472 valence electrons. The molecular formula is C61H90ClN7O16. The summed E-state index contributed by atoms with van der Waals surface area (Å²) in [4.78, 5) is 69.9. The molecule has 23 nitrogen and oxygen atoms in total. The Bertz CT molecular complexity index is 2750. The van der Waals surface area contributed by atoms with E-state index in [1.54, 1.807) is 33.0 Å². The molecule has 2 fully saturated rings. The van der Waals surface area contributed by atoms with E-state index in [-0.39, 0.29) is 50.9 Å². The topological polar surface area (TPSA) is 252 Å². The zero-order valence-corrected chi connectivity index (χ0v) is 51.9. The van der Waals surface area contributed by atoms with Crippen molar-refractivity contribution in [2.24, 2.45) is 5.92 Å². The van der Waals surface area contributed by atoms with Crippen LogP contribution in [0.1, 0.15) is 70.2 Å². The summed E-state index contributed by atoms with van der Waals surface area (Å²) >= 11 is 6.83. The summed E-state index contributed by atoms with van der Waals surface area (Å²) in [6.45, 7) is 14.6. The van der Waals surface area contributed by atoms with Crippen LogP contribution in [0.4, 0.5) is 10.5 Å². The Balaban J connectivity index is 0.833. The van der Waals surface area contributed by atoms with Gasteiger partial charge in [0.1, 0.15) is 30.0 Å². The number of hydrazine groups is 1. The van der Waals surface area contributed by atoms with E-state index in [1.165, 1.54) is 30.9 Å². The quantitative estimate of drug-likeness (QED) is 0.0285. The van der Waals surface area contributed by atoms with Crippen molar-refractivity contribution in [3.05, 3.63) is 88.1 Å². The van der Waals surface area contributed by atoms with Crippen LogP contribution in [0.15, 0.2) is 66.3 Å². The molecule has 3 aliphatic heterocycles. The molecule has 6 rings (SSSR count). The molecule has 2 saturated heterocycles. The van der Waals surface area contributed by atoms with E-state index in [0.29, 0.717) is 103 Å². The Morgan fingerprint density at radius 3 is 2.16 bits per heavy atom. The zero-order valence-electron chi connectivity index (χ0n) is 51.1. The first kappa shape index (κ1) is 68.6. The number of aliphatic hydroxyl groups is 1. The van der Waals surface area contributed by atoms with Gasteiger partial charge in [0.15, 0.2) is 5.72 Å². The predicted octanol–water partition coefficient (Wildman–Crippen LogP) is 5.03. The van der Waals surface area contributed by atoms with Crippen LogP contribution >= 0.6 is 11.6 Å². The average Bonchev–Trinajstić information content (AvgIpc) is 1.75. The fourth-order valence-corrected chi connectivity index (χ4v) is 10.6. The van der Waals surface area contributed by atoms with Crippen LogP contribution in [0.3, 0.4) is 0 Å². The third-order valence-corrected chi connectivity index (χ3v) is 16.1. The van der Waals surface area contributed by atoms with Gasteiger partial charge in [-0.05, 0) is 75.9 Å². The summed E-state index contributed by atoms with van der Waals surface area (Å²) < 4.78 is 59.6. The first-order valence-corrected chi connectivity index (χ1v) is 29.5. The SMILES string of the molecule is CNN(C)Cc1cc2ccccc2n1CCC(=O)NCCOCCOCCOCCOCCOCCOCCC(=O)N(C)[C@@H](C)C(=O)O[C@H]1CC(=O)N(C)c2cc(cc(C)c2Cl)C/C(C)=C/C=C/[C@@H](OC)[C@]2(O)C[C@H](OC(=O)N2)[C@@H](C)C2O[C@]21C. The lowest BCUT2D eigenvalue weighted by atomic mass is 9.83.